The van der Waals surface area contributed by atoms with Gasteiger partial charge in [-0.15, -0.1) is 0 Å². The van der Waals surface area contributed by atoms with Crippen LogP contribution in [0, 0.1) is 26.7 Å². The zero-order chi connectivity index (χ0) is 45.8. The molecule has 0 radical (unpaired) electrons. The summed E-state index contributed by atoms with van der Waals surface area (Å²) >= 11 is 0. The Kier molecular flexibility index (Phi) is 14.1. The summed E-state index contributed by atoms with van der Waals surface area (Å²) in [5.74, 6) is 2.15. The van der Waals surface area contributed by atoms with Gasteiger partial charge in [0.15, 0.2) is 5.82 Å². The number of nitrogens with two attached hydrogens (primary N) is 1. The van der Waals surface area contributed by atoms with Crippen LogP contribution in [0.3, 0.4) is 0 Å². The van der Waals surface area contributed by atoms with E-state index in [9.17, 15) is 4.79 Å². The molecule has 1 unspecified atom stereocenters. The lowest BCUT2D eigenvalue weighted by Crippen LogP contribution is -2.32. The number of rotatable bonds is 18. The summed E-state index contributed by atoms with van der Waals surface area (Å²) in [7, 11) is 2.18. The summed E-state index contributed by atoms with van der Waals surface area (Å²) in [4.78, 5) is 30.5. The summed E-state index contributed by atoms with van der Waals surface area (Å²) in [6.07, 6.45) is 19.8. The van der Waals surface area contributed by atoms with Crippen LogP contribution < -0.4 is 5.73 Å². The van der Waals surface area contributed by atoms with Crippen molar-refractivity contribution in [1.29, 1.82) is 0 Å². The number of hydrogen-bond acceptors (Lipinski definition) is 9. The van der Waals surface area contributed by atoms with Crippen LogP contribution in [0.1, 0.15) is 94.4 Å². The van der Waals surface area contributed by atoms with Crippen LogP contribution in [0.5, 0.6) is 0 Å². The van der Waals surface area contributed by atoms with Crippen LogP contribution in [0.4, 0.5) is 0 Å². The molecule has 344 valence electrons. The molecule has 2 aliphatic heterocycles. The number of ether oxygens (including phenoxy) is 1. The largest absolute Gasteiger partial charge is 0.492 e. The van der Waals surface area contributed by atoms with E-state index in [1.807, 2.05) is 23.9 Å². The predicted octanol–water partition coefficient (Wildman–Crippen LogP) is 8.89. The Morgan fingerprint density at radius 3 is 2.45 bits per heavy atom. The lowest BCUT2D eigenvalue weighted by atomic mass is 9.92. The Hall–Kier alpha value is -5.95. The standard InChI is InChI=1S/C52H69N11O2/c1-9-19-42-41-21-20-39(49(53)64)32-46(65-27-18-24-59-22-14-13-15-23-59)48(41)61(52(42)58(8)34-40-30-36(6)56-62(40)11-3)26-17-16-25-60-47-38(10-2)28-35(5)29-43(47)44-33-54-50(55-51(44)60)45-31-37(7)57-63(45)12-4/h9,16-17,19,28-33,41H,10-15,18,20-27,34H2,1-8H3,(H2,53,64)/b17-16+,19-9-. The van der Waals surface area contributed by atoms with Gasteiger partial charge in [-0.05, 0) is 123 Å². The summed E-state index contributed by atoms with van der Waals surface area (Å²) in [5.41, 5.74) is 17.6. The number of nitrogens with zero attached hydrogens (tertiary/aromatic N) is 10. The molecule has 8 rings (SSSR count). The second-order valence-electron chi connectivity index (χ2n) is 18.0. The number of amides is 1. The van der Waals surface area contributed by atoms with Crippen molar-refractivity contribution < 1.29 is 9.53 Å². The molecule has 6 heterocycles. The normalized spacial score (nSPS) is 17.4. The van der Waals surface area contributed by atoms with E-state index in [4.69, 9.17) is 30.6 Å². The number of piperidine rings is 1. The van der Waals surface area contributed by atoms with Crippen LogP contribution in [0.25, 0.3) is 33.5 Å². The quantitative estimate of drug-likeness (QED) is 0.0678. The molecule has 0 bridgehead atoms. The van der Waals surface area contributed by atoms with Gasteiger partial charge in [0.25, 0.3) is 0 Å². The molecule has 1 saturated heterocycles. The monoisotopic (exact) mass is 880 g/mol. The van der Waals surface area contributed by atoms with Crippen molar-refractivity contribution >= 4 is 27.8 Å². The first-order chi connectivity index (χ1) is 31.5. The van der Waals surface area contributed by atoms with E-state index in [-0.39, 0.29) is 5.92 Å². The summed E-state index contributed by atoms with van der Waals surface area (Å²) in [6, 6.07) is 8.83. The molecule has 13 heteroatoms. The minimum absolute atomic E-state index is 0.00284. The molecule has 1 fully saturated rings. The maximum Gasteiger partial charge on any atom is 0.244 e. The van der Waals surface area contributed by atoms with Crippen molar-refractivity contribution in [3.63, 3.8) is 0 Å². The Labute approximate surface area is 385 Å². The first-order valence-electron chi connectivity index (χ1n) is 24.0. The van der Waals surface area contributed by atoms with Gasteiger partial charge >= 0.3 is 0 Å². The Bertz CT molecular complexity index is 2700. The topological polar surface area (TPSA) is 128 Å². The first kappa shape index (κ1) is 45.6. The van der Waals surface area contributed by atoms with E-state index >= 15 is 0 Å². The Balaban J connectivity index is 1.20. The number of likely N-dealkylation sites (tertiary alicyclic amines) is 1. The van der Waals surface area contributed by atoms with Gasteiger partial charge in [-0.2, -0.15) is 10.2 Å². The van der Waals surface area contributed by atoms with Crippen molar-refractivity contribution in [3.8, 4) is 11.5 Å². The van der Waals surface area contributed by atoms with Gasteiger partial charge < -0.3 is 29.7 Å². The van der Waals surface area contributed by atoms with Crippen molar-refractivity contribution in [2.45, 2.75) is 120 Å². The lowest BCUT2D eigenvalue weighted by Gasteiger charge is -2.32. The zero-order valence-electron chi connectivity index (χ0n) is 40.0. The van der Waals surface area contributed by atoms with Crippen molar-refractivity contribution in [3.05, 3.63) is 117 Å². The third-order valence-corrected chi connectivity index (χ3v) is 13.3. The molecule has 2 N–H and O–H groups in total. The fourth-order valence-corrected chi connectivity index (χ4v) is 10.4. The second kappa shape index (κ2) is 20.1. The highest BCUT2D eigenvalue weighted by atomic mass is 16.5. The minimum atomic E-state index is -0.391. The van der Waals surface area contributed by atoms with E-state index in [1.165, 1.54) is 46.9 Å². The highest BCUT2D eigenvalue weighted by Gasteiger charge is 2.40. The average molecular weight is 880 g/mol. The third-order valence-electron chi connectivity index (χ3n) is 13.3. The van der Waals surface area contributed by atoms with Crippen LogP contribution in [0.2, 0.25) is 0 Å². The molecule has 0 saturated carbocycles. The van der Waals surface area contributed by atoms with Crippen LogP contribution in [-0.2, 0) is 42.1 Å². The highest BCUT2D eigenvalue weighted by Crippen LogP contribution is 2.46. The highest BCUT2D eigenvalue weighted by molar-refractivity contribution is 6.08. The van der Waals surface area contributed by atoms with Gasteiger partial charge in [0.05, 0.1) is 41.4 Å². The minimum Gasteiger partial charge on any atom is -0.492 e. The number of aryl methyl sites for hydroxylation is 6. The summed E-state index contributed by atoms with van der Waals surface area (Å²) < 4.78 is 13.3. The van der Waals surface area contributed by atoms with Crippen LogP contribution in [-0.4, -0.2) is 94.5 Å². The molecule has 1 amide bonds. The van der Waals surface area contributed by atoms with Gasteiger partial charge in [0.1, 0.15) is 22.9 Å². The number of primary amides is 1. The summed E-state index contributed by atoms with van der Waals surface area (Å²) in [6.45, 7) is 22.1. The fraction of sp³-hybridized carbons (Fsp3) is 0.481. The number of aromatic nitrogens is 7. The second-order valence-corrected chi connectivity index (χ2v) is 18.0. The Morgan fingerprint density at radius 2 is 1.71 bits per heavy atom. The van der Waals surface area contributed by atoms with Crippen LogP contribution >= 0.6 is 0 Å². The van der Waals surface area contributed by atoms with Crippen molar-refractivity contribution in [1.82, 2.24) is 48.8 Å². The van der Waals surface area contributed by atoms with Gasteiger partial charge in [0, 0.05) is 73.8 Å². The van der Waals surface area contributed by atoms with Crippen LogP contribution in [0.15, 0.2) is 89.3 Å². The third kappa shape index (κ3) is 9.43. The molecule has 1 aromatic carbocycles. The van der Waals surface area contributed by atoms with E-state index in [2.05, 4.69) is 121 Å². The fourth-order valence-electron chi connectivity index (χ4n) is 10.4. The van der Waals surface area contributed by atoms with E-state index in [0.29, 0.717) is 44.1 Å². The molecule has 3 aliphatic rings. The van der Waals surface area contributed by atoms with E-state index in [0.717, 1.165) is 103 Å². The number of fused-ring (bicyclic) bond motifs is 4. The molecular formula is C52H69N11O2. The van der Waals surface area contributed by atoms with Crippen molar-refractivity contribution in [2.75, 3.05) is 39.8 Å². The zero-order valence-corrected chi connectivity index (χ0v) is 40.0. The molecule has 1 atom stereocenters. The SMILES string of the molecule is C/C=C\C1=C(N(C)Cc2cc(C)nn2CC)N(C/C=C/Cn2c3nc(-c4cc(C)nn4CC)ncc3c3cc(C)cc(CC)c32)C2=C(OCCCN3CCCCC3)C=C(C(N)=O)CCC12. The number of allylic oxidation sites excluding steroid dienone is 5. The molecule has 0 spiro atoms. The van der Waals surface area contributed by atoms with Crippen molar-refractivity contribution in [2.24, 2.45) is 11.7 Å². The molecular weight excluding hydrogens is 811 g/mol. The Morgan fingerprint density at radius 1 is 0.954 bits per heavy atom. The first-order valence-corrected chi connectivity index (χ1v) is 24.0. The smallest absolute Gasteiger partial charge is 0.244 e. The van der Waals surface area contributed by atoms with Gasteiger partial charge in [-0.25, -0.2) is 9.97 Å². The summed E-state index contributed by atoms with van der Waals surface area (Å²) in [5, 5.41) is 11.7. The van der Waals surface area contributed by atoms with Gasteiger partial charge in [-0.3, -0.25) is 14.2 Å². The number of benzene rings is 1. The maximum absolute atomic E-state index is 12.9. The lowest BCUT2D eigenvalue weighted by molar-refractivity contribution is -0.114. The average Bonchev–Trinajstić information content (AvgIpc) is 4.00. The molecule has 1 aliphatic carbocycles. The number of hydrogen-bond donors (Lipinski definition) is 1. The van der Waals surface area contributed by atoms with Gasteiger partial charge in [-0.1, -0.05) is 49.3 Å². The molecule has 5 aromatic rings. The molecule has 65 heavy (non-hydrogen) atoms. The van der Waals surface area contributed by atoms with Gasteiger partial charge in [0.2, 0.25) is 5.91 Å². The molecule has 4 aromatic heterocycles. The van der Waals surface area contributed by atoms with E-state index < -0.39 is 5.91 Å². The maximum atomic E-state index is 12.9. The predicted molar refractivity (Wildman–Crippen MR) is 260 cm³/mol. The van der Waals surface area contributed by atoms with E-state index in [1.54, 1.807) is 0 Å². The molecule has 13 nitrogen and oxygen atoms in total. The number of carbonyl (C=O) groups is 1. The number of carbonyl (C=O) groups excluding carboxylic acids is 1.